The van der Waals surface area contributed by atoms with Crippen molar-refractivity contribution in [2.24, 2.45) is 0 Å². The Morgan fingerprint density at radius 1 is 1.18 bits per heavy atom. The third-order valence-corrected chi connectivity index (χ3v) is 4.40. The monoisotopic (exact) mass is 402 g/mol. The molecular formula is C18H25F3N4O3. The first kappa shape index (κ1) is 21.8. The van der Waals surface area contributed by atoms with Crippen LogP contribution >= 0.6 is 0 Å². The first-order valence-corrected chi connectivity index (χ1v) is 9.10. The Balaban J connectivity index is 1.85. The number of anilines is 1. The molecule has 156 valence electrons. The number of benzene rings is 1. The van der Waals surface area contributed by atoms with Crippen molar-refractivity contribution in [3.05, 3.63) is 24.3 Å². The zero-order valence-corrected chi connectivity index (χ0v) is 15.9. The molecule has 3 amide bonds. The molecule has 1 fully saturated rings. The van der Waals surface area contributed by atoms with Gasteiger partial charge < -0.3 is 20.3 Å². The Kier molecular flexibility index (Phi) is 7.50. The molecule has 2 N–H and O–H groups in total. The summed E-state index contributed by atoms with van der Waals surface area (Å²) in [6.45, 7) is 5.91. The van der Waals surface area contributed by atoms with E-state index < -0.39 is 18.1 Å². The topological polar surface area (TPSA) is 73.9 Å². The lowest BCUT2D eigenvalue weighted by Crippen LogP contribution is -2.52. The number of para-hydroxylation sites is 2. The lowest BCUT2D eigenvalue weighted by atomic mass is 10.2. The highest BCUT2D eigenvalue weighted by molar-refractivity contribution is 5.91. The van der Waals surface area contributed by atoms with E-state index in [1.807, 2.05) is 18.7 Å². The van der Waals surface area contributed by atoms with Crippen molar-refractivity contribution in [2.75, 3.05) is 38.0 Å². The van der Waals surface area contributed by atoms with Crippen LogP contribution in [-0.4, -0.2) is 66.9 Å². The zero-order valence-electron chi connectivity index (χ0n) is 15.9. The second-order valence-electron chi connectivity index (χ2n) is 6.61. The lowest BCUT2D eigenvalue weighted by Gasteiger charge is -2.34. The second-order valence-corrected chi connectivity index (χ2v) is 6.61. The first-order chi connectivity index (χ1) is 13.2. The highest BCUT2D eigenvalue weighted by Gasteiger charge is 2.32. The van der Waals surface area contributed by atoms with Crippen LogP contribution in [0.15, 0.2) is 24.3 Å². The van der Waals surface area contributed by atoms with Gasteiger partial charge in [-0.25, -0.2) is 4.79 Å². The molecule has 0 spiro atoms. The molecule has 1 saturated heterocycles. The SMILES string of the molecule is CCC(C)NC(=O)CN1CCN(C(=O)Nc2ccccc2OC(F)(F)F)CC1. The summed E-state index contributed by atoms with van der Waals surface area (Å²) in [5.74, 6) is -0.533. The fourth-order valence-corrected chi connectivity index (χ4v) is 2.71. The minimum atomic E-state index is -4.84. The van der Waals surface area contributed by atoms with Crippen LogP contribution in [0.5, 0.6) is 5.75 Å². The van der Waals surface area contributed by atoms with E-state index in [1.165, 1.54) is 23.1 Å². The van der Waals surface area contributed by atoms with E-state index in [0.717, 1.165) is 12.5 Å². The number of carbonyl (C=O) groups excluding carboxylic acids is 2. The molecular weight excluding hydrogens is 377 g/mol. The number of hydrogen-bond acceptors (Lipinski definition) is 4. The molecule has 1 aromatic carbocycles. The van der Waals surface area contributed by atoms with E-state index in [2.05, 4.69) is 15.4 Å². The Labute approximate surface area is 161 Å². The van der Waals surface area contributed by atoms with Crippen LogP contribution in [0, 0.1) is 0 Å². The van der Waals surface area contributed by atoms with Gasteiger partial charge >= 0.3 is 12.4 Å². The van der Waals surface area contributed by atoms with Crippen LogP contribution in [0.3, 0.4) is 0 Å². The maximum absolute atomic E-state index is 12.5. The van der Waals surface area contributed by atoms with Crippen LogP contribution in [0.1, 0.15) is 20.3 Å². The van der Waals surface area contributed by atoms with E-state index >= 15 is 0 Å². The molecule has 1 aromatic rings. The van der Waals surface area contributed by atoms with Gasteiger partial charge in [0.15, 0.2) is 5.75 Å². The number of nitrogens with one attached hydrogen (secondary N) is 2. The van der Waals surface area contributed by atoms with Crippen molar-refractivity contribution >= 4 is 17.6 Å². The number of amides is 3. The van der Waals surface area contributed by atoms with E-state index in [0.29, 0.717) is 26.2 Å². The first-order valence-electron chi connectivity index (χ1n) is 9.10. The minimum Gasteiger partial charge on any atom is -0.404 e. The molecule has 10 heteroatoms. The van der Waals surface area contributed by atoms with Gasteiger partial charge in [0, 0.05) is 32.2 Å². The van der Waals surface area contributed by atoms with Gasteiger partial charge in [-0.2, -0.15) is 0 Å². The van der Waals surface area contributed by atoms with E-state index in [1.54, 1.807) is 0 Å². The molecule has 1 aliphatic heterocycles. The Hall–Kier alpha value is -2.49. The van der Waals surface area contributed by atoms with Gasteiger partial charge in [0.2, 0.25) is 5.91 Å². The maximum Gasteiger partial charge on any atom is 0.573 e. The summed E-state index contributed by atoms with van der Waals surface area (Å²) >= 11 is 0. The smallest absolute Gasteiger partial charge is 0.404 e. The summed E-state index contributed by atoms with van der Waals surface area (Å²) in [6, 6.07) is 4.97. The number of ether oxygens (including phenoxy) is 1. The summed E-state index contributed by atoms with van der Waals surface area (Å²) in [5, 5.41) is 5.35. The van der Waals surface area contributed by atoms with Gasteiger partial charge in [-0.15, -0.1) is 13.2 Å². The molecule has 0 aromatic heterocycles. The summed E-state index contributed by atoms with van der Waals surface area (Å²) < 4.78 is 41.4. The Morgan fingerprint density at radius 3 is 2.43 bits per heavy atom. The predicted molar refractivity (Wildman–Crippen MR) is 98.1 cm³/mol. The van der Waals surface area contributed by atoms with Crippen molar-refractivity contribution in [3.63, 3.8) is 0 Å². The predicted octanol–water partition coefficient (Wildman–Crippen LogP) is 2.65. The summed E-state index contributed by atoms with van der Waals surface area (Å²) in [6.07, 6.45) is -4.00. The standard InChI is InChI=1S/C18H25F3N4O3/c1-3-13(2)22-16(26)12-24-8-10-25(11-9-24)17(27)23-14-6-4-5-7-15(14)28-18(19,20)21/h4-7,13H,3,8-12H2,1-2H3,(H,22,26)(H,23,27). The van der Waals surface area contributed by atoms with Gasteiger partial charge in [0.25, 0.3) is 0 Å². The highest BCUT2D eigenvalue weighted by Crippen LogP contribution is 2.30. The maximum atomic E-state index is 12.5. The van der Waals surface area contributed by atoms with Gasteiger partial charge in [-0.05, 0) is 25.5 Å². The molecule has 2 rings (SSSR count). The van der Waals surface area contributed by atoms with Crippen molar-refractivity contribution in [1.29, 1.82) is 0 Å². The molecule has 0 aliphatic carbocycles. The molecule has 1 heterocycles. The fraction of sp³-hybridized carbons (Fsp3) is 0.556. The van der Waals surface area contributed by atoms with E-state index in [-0.39, 0.29) is 24.2 Å². The molecule has 1 aliphatic rings. The van der Waals surface area contributed by atoms with Gasteiger partial charge in [-0.3, -0.25) is 9.69 Å². The summed E-state index contributed by atoms with van der Waals surface area (Å²) in [4.78, 5) is 27.7. The number of carbonyl (C=O) groups is 2. The molecule has 0 radical (unpaired) electrons. The van der Waals surface area contributed by atoms with Gasteiger partial charge in [0.1, 0.15) is 0 Å². The molecule has 0 bridgehead atoms. The van der Waals surface area contributed by atoms with Gasteiger partial charge in [-0.1, -0.05) is 19.1 Å². The third kappa shape index (κ3) is 6.91. The third-order valence-electron chi connectivity index (χ3n) is 4.40. The van der Waals surface area contributed by atoms with Crippen molar-refractivity contribution in [2.45, 2.75) is 32.7 Å². The zero-order chi connectivity index (χ0) is 20.7. The Bertz CT molecular complexity index is 676. The quantitative estimate of drug-likeness (QED) is 0.767. The largest absolute Gasteiger partial charge is 0.573 e. The van der Waals surface area contributed by atoms with Crippen LogP contribution in [0.25, 0.3) is 0 Å². The molecule has 28 heavy (non-hydrogen) atoms. The Morgan fingerprint density at radius 2 is 1.82 bits per heavy atom. The number of alkyl halides is 3. The second kappa shape index (κ2) is 9.63. The number of nitrogens with zero attached hydrogens (tertiary/aromatic N) is 2. The average Bonchev–Trinajstić information content (AvgIpc) is 2.62. The summed E-state index contributed by atoms with van der Waals surface area (Å²) in [7, 11) is 0. The van der Waals surface area contributed by atoms with Crippen LogP contribution in [0.2, 0.25) is 0 Å². The number of piperazine rings is 1. The fourth-order valence-electron chi connectivity index (χ4n) is 2.71. The number of halogens is 3. The van der Waals surface area contributed by atoms with Crippen molar-refractivity contribution in [1.82, 2.24) is 15.1 Å². The van der Waals surface area contributed by atoms with Crippen LogP contribution in [-0.2, 0) is 4.79 Å². The van der Waals surface area contributed by atoms with Crippen LogP contribution < -0.4 is 15.4 Å². The highest BCUT2D eigenvalue weighted by atomic mass is 19.4. The van der Waals surface area contributed by atoms with E-state index in [4.69, 9.17) is 0 Å². The summed E-state index contributed by atoms with van der Waals surface area (Å²) in [5.41, 5.74) is -0.0554. The van der Waals surface area contributed by atoms with Crippen LogP contribution in [0.4, 0.5) is 23.7 Å². The molecule has 7 nitrogen and oxygen atoms in total. The molecule has 1 unspecified atom stereocenters. The molecule has 1 atom stereocenters. The normalized spacial score (nSPS) is 16.4. The minimum absolute atomic E-state index is 0.0554. The number of hydrogen-bond donors (Lipinski definition) is 2. The number of rotatable bonds is 6. The average molecular weight is 402 g/mol. The number of urea groups is 1. The van der Waals surface area contributed by atoms with Crippen molar-refractivity contribution < 1.29 is 27.5 Å². The lowest BCUT2D eigenvalue weighted by molar-refractivity contribution is -0.274. The van der Waals surface area contributed by atoms with Gasteiger partial charge in [0.05, 0.1) is 12.2 Å². The van der Waals surface area contributed by atoms with Crippen molar-refractivity contribution in [3.8, 4) is 5.75 Å². The molecule has 0 saturated carbocycles. The van der Waals surface area contributed by atoms with E-state index in [9.17, 15) is 22.8 Å².